The van der Waals surface area contributed by atoms with Crippen LogP contribution in [0.5, 0.6) is 0 Å². The molecule has 0 fully saturated rings. The van der Waals surface area contributed by atoms with Gasteiger partial charge in [0.2, 0.25) is 0 Å². The lowest BCUT2D eigenvalue weighted by atomic mass is 10.1. The van der Waals surface area contributed by atoms with Crippen LogP contribution in [0.2, 0.25) is 0 Å². The summed E-state index contributed by atoms with van der Waals surface area (Å²) < 4.78 is 0. The normalized spacial score (nSPS) is 11.3. The monoisotopic (exact) mass is 335 g/mol. The minimum atomic E-state index is -0.447. The van der Waals surface area contributed by atoms with Crippen molar-refractivity contribution >= 4 is 23.0 Å². The highest BCUT2D eigenvalue weighted by Gasteiger charge is 2.11. The molecule has 120 valence electrons. The standard InChI is InChI=1S/C20H17NO2S/c1-15-9-11-17(12-10-15)20(22)23-21-18(19-8-5-13-24-19)14-16-6-3-2-4-7-16/h2-13H,14H2,1H3/b21-18+. The quantitative estimate of drug-likeness (QED) is 0.379. The SMILES string of the molecule is Cc1ccc(C(=O)O/N=C(\Cc2ccccc2)c2cccs2)cc1. The lowest BCUT2D eigenvalue weighted by Gasteiger charge is -2.05. The molecule has 0 aliphatic carbocycles. The molecule has 3 aromatic rings. The van der Waals surface area contributed by atoms with Gasteiger partial charge in [-0.15, -0.1) is 11.3 Å². The zero-order valence-corrected chi connectivity index (χ0v) is 14.1. The number of oxime groups is 1. The summed E-state index contributed by atoms with van der Waals surface area (Å²) in [6.07, 6.45) is 0.614. The summed E-state index contributed by atoms with van der Waals surface area (Å²) in [6.45, 7) is 1.97. The van der Waals surface area contributed by atoms with Gasteiger partial charge in [0, 0.05) is 6.42 Å². The van der Waals surface area contributed by atoms with Gasteiger partial charge in [0.25, 0.3) is 0 Å². The molecule has 0 aliphatic rings. The molecule has 0 N–H and O–H groups in total. The molecule has 3 nitrogen and oxygen atoms in total. The molecule has 2 aromatic carbocycles. The van der Waals surface area contributed by atoms with E-state index in [4.69, 9.17) is 4.84 Å². The fraction of sp³-hybridized carbons (Fsp3) is 0.100. The van der Waals surface area contributed by atoms with Gasteiger partial charge in [-0.1, -0.05) is 59.3 Å². The molecule has 0 radical (unpaired) electrons. The third-order valence-electron chi connectivity index (χ3n) is 3.55. The van der Waals surface area contributed by atoms with Crippen molar-refractivity contribution in [3.63, 3.8) is 0 Å². The third kappa shape index (κ3) is 4.18. The van der Waals surface area contributed by atoms with E-state index in [9.17, 15) is 4.79 Å². The molecule has 0 atom stereocenters. The van der Waals surface area contributed by atoms with E-state index in [1.54, 1.807) is 23.5 Å². The first-order valence-electron chi connectivity index (χ1n) is 7.65. The molecular weight excluding hydrogens is 318 g/mol. The highest BCUT2D eigenvalue weighted by atomic mass is 32.1. The number of hydrogen-bond acceptors (Lipinski definition) is 4. The molecule has 1 heterocycles. The van der Waals surface area contributed by atoms with Gasteiger partial charge in [0.05, 0.1) is 10.4 Å². The highest BCUT2D eigenvalue weighted by molar-refractivity contribution is 7.12. The van der Waals surface area contributed by atoms with Crippen LogP contribution in [0.25, 0.3) is 0 Å². The van der Waals surface area contributed by atoms with E-state index in [-0.39, 0.29) is 0 Å². The van der Waals surface area contributed by atoms with E-state index in [1.807, 2.05) is 66.9 Å². The van der Waals surface area contributed by atoms with Crippen molar-refractivity contribution in [2.24, 2.45) is 5.16 Å². The second-order valence-electron chi connectivity index (χ2n) is 5.42. The zero-order valence-electron chi connectivity index (χ0n) is 13.3. The molecule has 24 heavy (non-hydrogen) atoms. The van der Waals surface area contributed by atoms with Crippen LogP contribution >= 0.6 is 11.3 Å². The van der Waals surface area contributed by atoms with Crippen LogP contribution in [-0.2, 0) is 11.3 Å². The minimum Gasteiger partial charge on any atom is -0.312 e. The van der Waals surface area contributed by atoms with Crippen LogP contribution in [0.15, 0.2) is 77.3 Å². The summed E-state index contributed by atoms with van der Waals surface area (Å²) in [7, 11) is 0. The summed E-state index contributed by atoms with van der Waals surface area (Å²) >= 11 is 1.58. The number of benzene rings is 2. The van der Waals surface area contributed by atoms with E-state index in [1.165, 1.54) is 0 Å². The van der Waals surface area contributed by atoms with Gasteiger partial charge in [-0.2, -0.15) is 0 Å². The molecule has 0 bridgehead atoms. The van der Waals surface area contributed by atoms with Crippen molar-refractivity contribution in [1.29, 1.82) is 0 Å². The average Bonchev–Trinajstić information content (AvgIpc) is 3.14. The largest absolute Gasteiger partial charge is 0.365 e. The number of carbonyl (C=O) groups is 1. The smallest absolute Gasteiger partial charge is 0.312 e. The van der Waals surface area contributed by atoms with Gasteiger partial charge in [-0.25, -0.2) is 4.79 Å². The molecule has 1 aromatic heterocycles. The summed E-state index contributed by atoms with van der Waals surface area (Å²) in [5, 5.41) is 6.12. The van der Waals surface area contributed by atoms with Crippen molar-refractivity contribution in [2.45, 2.75) is 13.3 Å². The maximum absolute atomic E-state index is 12.2. The van der Waals surface area contributed by atoms with E-state index < -0.39 is 5.97 Å². The van der Waals surface area contributed by atoms with Crippen LogP contribution in [0.4, 0.5) is 0 Å². The van der Waals surface area contributed by atoms with Gasteiger partial charge in [0.15, 0.2) is 0 Å². The van der Waals surface area contributed by atoms with E-state index >= 15 is 0 Å². The van der Waals surface area contributed by atoms with Gasteiger partial charge in [-0.3, -0.25) is 0 Å². The molecule has 4 heteroatoms. The fourth-order valence-corrected chi connectivity index (χ4v) is 2.94. The zero-order chi connectivity index (χ0) is 16.8. The Bertz CT molecular complexity index is 822. The summed E-state index contributed by atoms with van der Waals surface area (Å²) in [5.41, 5.74) is 3.46. The Morgan fingerprint density at radius 2 is 1.75 bits per heavy atom. The molecule has 0 saturated heterocycles. The molecule has 3 rings (SSSR count). The second-order valence-corrected chi connectivity index (χ2v) is 6.37. The third-order valence-corrected chi connectivity index (χ3v) is 4.46. The lowest BCUT2D eigenvalue weighted by Crippen LogP contribution is -2.08. The Morgan fingerprint density at radius 1 is 1.00 bits per heavy atom. The molecule has 0 unspecified atom stereocenters. The van der Waals surface area contributed by atoms with Gasteiger partial charge < -0.3 is 4.84 Å². The maximum atomic E-state index is 12.2. The molecule has 0 aliphatic heterocycles. The number of carbonyl (C=O) groups excluding carboxylic acids is 1. The first kappa shape index (κ1) is 16.1. The fourth-order valence-electron chi connectivity index (χ4n) is 2.24. The number of rotatable bonds is 5. The highest BCUT2D eigenvalue weighted by Crippen LogP contribution is 2.15. The minimum absolute atomic E-state index is 0.447. The Hall–Kier alpha value is -2.72. The predicted octanol–water partition coefficient (Wildman–Crippen LogP) is 4.86. The summed E-state index contributed by atoms with van der Waals surface area (Å²) in [5.74, 6) is -0.447. The molecule has 0 amide bonds. The van der Waals surface area contributed by atoms with Crippen molar-refractivity contribution < 1.29 is 9.63 Å². The van der Waals surface area contributed by atoms with Crippen LogP contribution in [-0.4, -0.2) is 11.7 Å². The lowest BCUT2D eigenvalue weighted by molar-refractivity contribution is 0.0516. The summed E-state index contributed by atoms with van der Waals surface area (Å²) in [4.78, 5) is 18.3. The van der Waals surface area contributed by atoms with Crippen molar-refractivity contribution in [3.8, 4) is 0 Å². The first-order chi connectivity index (χ1) is 11.7. The van der Waals surface area contributed by atoms with Gasteiger partial charge in [-0.05, 0) is 36.1 Å². The van der Waals surface area contributed by atoms with Crippen LogP contribution < -0.4 is 0 Å². The van der Waals surface area contributed by atoms with E-state index in [0.717, 1.165) is 21.7 Å². The van der Waals surface area contributed by atoms with Crippen molar-refractivity contribution in [2.75, 3.05) is 0 Å². The Labute approximate surface area is 145 Å². The first-order valence-corrected chi connectivity index (χ1v) is 8.53. The van der Waals surface area contributed by atoms with E-state index in [0.29, 0.717) is 12.0 Å². The van der Waals surface area contributed by atoms with Crippen LogP contribution in [0.1, 0.15) is 26.4 Å². The number of nitrogens with zero attached hydrogens (tertiary/aromatic N) is 1. The van der Waals surface area contributed by atoms with Crippen molar-refractivity contribution in [1.82, 2.24) is 0 Å². The number of thiophene rings is 1. The topological polar surface area (TPSA) is 38.7 Å². The Morgan fingerprint density at radius 3 is 2.42 bits per heavy atom. The molecular formula is C20H17NO2S. The molecule has 0 saturated carbocycles. The molecule has 0 spiro atoms. The van der Waals surface area contributed by atoms with Crippen molar-refractivity contribution in [3.05, 3.63) is 93.7 Å². The van der Waals surface area contributed by atoms with Crippen LogP contribution in [0, 0.1) is 6.92 Å². The number of hydrogen-bond donors (Lipinski definition) is 0. The Kier molecular flexibility index (Phi) is 5.18. The van der Waals surface area contributed by atoms with Gasteiger partial charge >= 0.3 is 5.97 Å². The van der Waals surface area contributed by atoms with Gasteiger partial charge in [0.1, 0.15) is 5.71 Å². The van der Waals surface area contributed by atoms with Crippen LogP contribution in [0.3, 0.4) is 0 Å². The predicted molar refractivity (Wildman–Crippen MR) is 97.6 cm³/mol. The maximum Gasteiger partial charge on any atom is 0.365 e. The summed E-state index contributed by atoms with van der Waals surface area (Å²) in [6, 6.07) is 21.2. The Balaban J connectivity index is 1.79. The number of aryl methyl sites for hydroxylation is 1. The van der Waals surface area contributed by atoms with E-state index in [2.05, 4.69) is 5.16 Å². The average molecular weight is 335 g/mol. The second kappa shape index (κ2) is 7.70.